The molecule has 3 aromatic rings. The zero-order valence-corrected chi connectivity index (χ0v) is 15.2. The van der Waals surface area contributed by atoms with Gasteiger partial charge in [0.05, 0.1) is 4.90 Å². The van der Waals surface area contributed by atoms with Gasteiger partial charge in [-0.3, -0.25) is 4.79 Å². The van der Waals surface area contributed by atoms with E-state index in [0.717, 1.165) is 5.56 Å². The number of Topliss-reactive ketones (excluding diaryl/α,β-unsaturated/α-hetero) is 1. The van der Waals surface area contributed by atoms with Gasteiger partial charge < -0.3 is 0 Å². The maximum absolute atomic E-state index is 13.0. The molecule has 0 amide bonds. The van der Waals surface area contributed by atoms with E-state index in [2.05, 4.69) is 11.8 Å². The first-order valence-corrected chi connectivity index (χ1v) is 9.74. The molecule has 0 saturated carbocycles. The Bertz CT molecular complexity index is 1120. The highest BCUT2D eigenvalue weighted by atomic mass is 32.2. The number of sulfone groups is 1. The van der Waals surface area contributed by atoms with Gasteiger partial charge >= 0.3 is 0 Å². The first kappa shape index (κ1) is 18.4. The molecule has 0 aliphatic rings. The largest absolute Gasteiger partial charge is 0.288 e. The van der Waals surface area contributed by atoms with E-state index in [0.29, 0.717) is 5.56 Å². The molecule has 0 radical (unpaired) electrons. The molecule has 0 aliphatic heterocycles. The molecule has 3 aromatic carbocycles. The number of carbonyl (C=O) groups is 1. The Morgan fingerprint density at radius 3 is 1.85 bits per heavy atom. The van der Waals surface area contributed by atoms with Gasteiger partial charge in [-0.2, -0.15) is 0 Å². The lowest BCUT2D eigenvalue weighted by molar-refractivity contribution is 0.104. The number of rotatable bonds is 4. The van der Waals surface area contributed by atoms with Crippen LogP contribution in [0, 0.1) is 11.8 Å². The third kappa shape index (κ3) is 4.41. The summed E-state index contributed by atoms with van der Waals surface area (Å²) in [5, 5.41) is 0. The van der Waals surface area contributed by atoms with E-state index < -0.39 is 15.6 Å². The van der Waals surface area contributed by atoms with Crippen molar-refractivity contribution in [2.24, 2.45) is 0 Å². The molecule has 0 fully saturated rings. The minimum Gasteiger partial charge on any atom is -0.288 e. The van der Waals surface area contributed by atoms with Crippen molar-refractivity contribution in [3.63, 3.8) is 0 Å². The van der Waals surface area contributed by atoms with E-state index in [1.165, 1.54) is 18.2 Å². The van der Waals surface area contributed by atoms with Crippen LogP contribution in [0.25, 0.3) is 0 Å². The van der Waals surface area contributed by atoms with Crippen LogP contribution in [-0.4, -0.2) is 14.2 Å². The van der Waals surface area contributed by atoms with Gasteiger partial charge in [0.15, 0.2) is 0 Å². The molecule has 0 bridgehead atoms. The fourth-order valence-electron chi connectivity index (χ4n) is 2.43. The minimum absolute atomic E-state index is 0.0574. The summed E-state index contributed by atoms with van der Waals surface area (Å²) in [7, 11) is -3.99. The second kappa shape index (κ2) is 8.31. The molecule has 0 aliphatic carbocycles. The van der Waals surface area contributed by atoms with E-state index >= 15 is 0 Å². The Labute approximate surface area is 158 Å². The number of carbonyl (C=O) groups excluding carboxylic acids is 1. The zero-order valence-electron chi connectivity index (χ0n) is 14.4. The van der Waals surface area contributed by atoms with Gasteiger partial charge in [0.2, 0.25) is 15.6 Å². The summed E-state index contributed by atoms with van der Waals surface area (Å²) in [6, 6.07) is 25.4. The van der Waals surface area contributed by atoms with Crippen LogP contribution in [0.3, 0.4) is 0 Å². The van der Waals surface area contributed by atoms with Crippen LogP contribution in [0.5, 0.6) is 0 Å². The van der Waals surface area contributed by atoms with Crippen LogP contribution < -0.4 is 0 Å². The highest BCUT2D eigenvalue weighted by Gasteiger charge is 2.27. The van der Waals surface area contributed by atoms with Crippen molar-refractivity contribution >= 4 is 15.6 Å². The first-order valence-electron chi connectivity index (χ1n) is 8.26. The van der Waals surface area contributed by atoms with Crippen LogP contribution >= 0.6 is 0 Å². The third-order valence-electron chi connectivity index (χ3n) is 3.80. The molecule has 132 valence electrons. The van der Waals surface area contributed by atoms with Gasteiger partial charge in [-0.15, -0.1) is 0 Å². The number of ketones is 1. The summed E-state index contributed by atoms with van der Waals surface area (Å²) in [6.45, 7) is 0. The summed E-state index contributed by atoms with van der Waals surface area (Å²) < 4.78 is 26.1. The number of hydrogen-bond acceptors (Lipinski definition) is 3. The van der Waals surface area contributed by atoms with Crippen LogP contribution in [0.1, 0.15) is 15.9 Å². The fourth-order valence-corrected chi connectivity index (χ4v) is 3.78. The standard InChI is InChI=1S/C23H16O3S/c24-23(20-14-6-2-7-15-20)22(18-10-13-19-11-4-1-5-12-19)27(25,26)21-16-8-3-9-17-21/h1-9,11-12,14-18H. The topological polar surface area (TPSA) is 51.2 Å². The van der Waals surface area contributed by atoms with Gasteiger partial charge in [-0.25, -0.2) is 8.42 Å². The Balaban J connectivity index is 2.08. The quantitative estimate of drug-likeness (QED) is 0.390. The van der Waals surface area contributed by atoms with Gasteiger partial charge in [0.1, 0.15) is 4.91 Å². The molecule has 0 spiro atoms. The molecule has 3 nitrogen and oxygen atoms in total. The van der Waals surface area contributed by atoms with Crippen molar-refractivity contribution in [1.82, 2.24) is 0 Å². The van der Waals surface area contributed by atoms with Crippen molar-refractivity contribution in [3.8, 4) is 11.8 Å². The number of hydrogen-bond donors (Lipinski definition) is 0. The summed E-state index contributed by atoms with van der Waals surface area (Å²) in [4.78, 5) is 12.6. The maximum Gasteiger partial charge on any atom is 0.211 e. The summed E-state index contributed by atoms with van der Waals surface area (Å²) in [6.07, 6.45) is 1.19. The monoisotopic (exact) mass is 372 g/mol. The number of benzene rings is 3. The highest BCUT2D eigenvalue weighted by Crippen LogP contribution is 2.22. The van der Waals surface area contributed by atoms with Crippen LogP contribution in [0.2, 0.25) is 0 Å². The minimum atomic E-state index is -3.99. The van der Waals surface area contributed by atoms with Gasteiger partial charge in [-0.05, 0) is 24.3 Å². The SMILES string of the molecule is O=C(C(=CC#Cc1ccccc1)S(=O)(=O)c1ccccc1)c1ccccc1. The Morgan fingerprint density at radius 1 is 0.741 bits per heavy atom. The zero-order chi connectivity index (χ0) is 19.1. The van der Waals surface area contributed by atoms with Crippen LogP contribution in [-0.2, 0) is 9.84 Å². The van der Waals surface area contributed by atoms with E-state index in [1.54, 1.807) is 48.5 Å². The van der Waals surface area contributed by atoms with E-state index in [-0.39, 0.29) is 9.80 Å². The number of allylic oxidation sites excluding steroid dienone is 2. The molecule has 0 aromatic heterocycles. The Morgan fingerprint density at radius 2 is 1.26 bits per heavy atom. The third-order valence-corrected chi connectivity index (χ3v) is 5.57. The molecular formula is C23H16O3S. The summed E-state index contributed by atoms with van der Waals surface area (Å²) in [5.41, 5.74) is 1.03. The Hall–Kier alpha value is -3.42. The van der Waals surface area contributed by atoms with E-state index in [4.69, 9.17) is 0 Å². The van der Waals surface area contributed by atoms with Crippen molar-refractivity contribution in [3.05, 3.63) is 113 Å². The van der Waals surface area contributed by atoms with E-state index in [1.807, 2.05) is 30.3 Å². The van der Waals surface area contributed by atoms with Crippen LogP contribution in [0.4, 0.5) is 0 Å². The molecule has 3 rings (SSSR count). The first-order chi connectivity index (χ1) is 13.1. The molecule has 0 N–H and O–H groups in total. The molecular weight excluding hydrogens is 356 g/mol. The summed E-state index contributed by atoms with van der Waals surface area (Å²) >= 11 is 0. The molecule has 27 heavy (non-hydrogen) atoms. The second-order valence-electron chi connectivity index (χ2n) is 5.66. The molecule has 4 heteroatoms. The lowest BCUT2D eigenvalue weighted by Gasteiger charge is -2.07. The highest BCUT2D eigenvalue weighted by molar-refractivity contribution is 7.96. The predicted molar refractivity (Wildman–Crippen MR) is 106 cm³/mol. The fraction of sp³-hybridized carbons (Fsp3) is 0. The van der Waals surface area contributed by atoms with Gasteiger partial charge in [-0.1, -0.05) is 78.6 Å². The Kier molecular flexibility index (Phi) is 5.65. The summed E-state index contributed by atoms with van der Waals surface area (Å²) in [5.74, 6) is 5.00. The van der Waals surface area contributed by atoms with Gasteiger partial charge in [0, 0.05) is 17.2 Å². The molecule has 0 atom stereocenters. The average Bonchev–Trinajstić information content (AvgIpc) is 2.73. The lowest BCUT2D eigenvalue weighted by atomic mass is 10.1. The van der Waals surface area contributed by atoms with E-state index in [9.17, 15) is 13.2 Å². The normalized spacial score (nSPS) is 11.3. The van der Waals surface area contributed by atoms with Crippen molar-refractivity contribution < 1.29 is 13.2 Å². The van der Waals surface area contributed by atoms with Crippen molar-refractivity contribution in [2.75, 3.05) is 0 Å². The molecule has 0 heterocycles. The smallest absolute Gasteiger partial charge is 0.211 e. The molecule has 0 saturated heterocycles. The molecule has 0 unspecified atom stereocenters. The van der Waals surface area contributed by atoms with Crippen LogP contribution in [0.15, 0.2) is 107 Å². The average molecular weight is 372 g/mol. The maximum atomic E-state index is 13.0. The lowest BCUT2D eigenvalue weighted by Crippen LogP contribution is -2.14. The second-order valence-corrected chi connectivity index (χ2v) is 7.57. The predicted octanol–water partition coefficient (Wildman–Crippen LogP) is 4.28. The van der Waals surface area contributed by atoms with Crippen molar-refractivity contribution in [2.45, 2.75) is 4.90 Å². The van der Waals surface area contributed by atoms with Crippen molar-refractivity contribution in [1.29, 1.82) is 0 Å². The van der Waals surface area contributed by atoms with Gasteiger partial charge in [0.25, 0.3) is 0 Å².